The molecule has 78 heavy (non-hydrogen) atoms. The van der Waals surface area contributed by atoms with Gasteiger partial charge in [-0.05, 0) is 128 Å². The van der Waals surface area contributed by atoms with Crippen LogP contribution in [0.4, 0.5) is 0 Å². The second-order valence-electron chi connectivity index (χ2n) is 21.6. The molecule has 0 aliphatic rings. The highest BCUT2D eigenvalue weighted by atomic mass is 16.6. The number of hydrogen-bond donors (Lipinski definition) is 0. The van der Waals surface area contributed by atoms with Crippen LogP contribution in [0, 0.1) is 0 Å². The predicted octanol–water partition coefficient (Wildman–Crippen LogP) is 22.6. The highest BCUT2D eigenvalue weighted by molar-refractivity contribution is 5.71. The predicted molar refractivity (Wildman–Crippen MR) is 339 cm³/mol. The van der Waals surface area contributed by atoms with E-state index in [2.05, 4.69) is 130 Å². The number of carbonyl (C=O) groups is 3. The second kappa shape index (κ2) is 65.6. The molecule has 0 rings (SSSR count). The zero-order chi connectivity index (χ0) is 56.4. The molecule has 6 heteroatoms. The van der Waals surface area contributed by atoms with Gasteiger partial charge in [0, 0.05) is 19.3 Å². The van der Waals surface area contributed by atoms with Gasteiger partial charge in [0.1, 0.15) is 13.2 Å². The van der Waals surface area contributed by atoms with E-state index in [0.717, 1.165) is 128 Å². The summed E-state index contributed by atoms with van der Waals surface area (Å²) in [6.45, 7) is 6.50. The third-order valence-corrected chi connectivity index (χ3v) is 14.0. The quantitative estimate of drug-likeness (QED) is 0.0261. The van der Waals surface area contributed by atoms with Crippen LogP contribution in [-0.4, -0.2) is 37.2 Å². The molecule has 0 radical (unpaired) electrons. The first kappa shape index (κ1) is 74.1. The zero-order valence-corrected chi connectivity index (χ0v) is 51.2. The normalized spacial score (nSPS) is 12.8. The average molecular weight is 1080 g/mol. The Kier molecular flexibility index (Phi) is 62.3. The molecule has 446 valence electrons. The van der Waals surface area contributed by atoms with Crippen molar-refractivity contribution in [1.29, 1.82) is 0 Å². The van der Waals surface area contributed by atoms with Crippen LogP contribution in [0.15, 0.2) is 109 Å². The van der Waals surface area contributed by atoms with Gasteiger partial charge in [0.15, 0.2) is 6.10 Å². The van der Waals surface area contributed by atoms with Crippen molar-refractivity contribution in [3.05, 3.63) is 109 Å². The van der Waals surface area contributed by atoms with Crippen LogP contribution in [-0.2, 0) is 28.6 Å². The summed E-state index contributed by atoms with van der Waals surface area (Å²) in [5.41, 5.74) is 0. The van der Waals surface area contributed by atoms with Crippen LogP contribution in [0.5, 0.6) is 0 Å². The van der Waals surface area contributed by atoms with E-state index in [9.17, 15) is 14.4 Å². The Morgan fingerprint density at radius 2 is 0.500 bits per heavy atom. The minimum Gasteiger partial charge on any atom is -0.462 e. The van der Waals surface area contributed by atoms with Gasteiger partial charge in [-0.25, -0.2) is 0 Å². The van der Waals surface area contributed by atoms with Crippen LogP contribution >= 0.6 is 0 Å². The van der Waals surface area contributed by atoms with E-state index in [1.807, 2.05) is 0 Å². The molecule has 0 aliphatic heterocycles. The first-order valence-electron chi connectivity index (χ1n) is 32.9. The van der Waals surface area contributed by atoms with E-state index in [1.165, 1.54) is 141 Å². The van der Waals surface area contributed by atoms with Crippen molar-refractivity contribution in [3.8, 4) is 0 Å². The van der Waals surface area contributed by atoms with E-state index in [-0.39, 0.29) is 31.1 Å². The fraction of sp³-hybridized carbons (Fsp3) is 0.708. The Morgan fingerprint density at radius 3 is 0.795 bits per heavy atom. The lowest BCUT2D eigenvalue weighted by Gasteiger charge is -2.18. The summed E-state index contributed by atoms with van der Waals surface area (Å²) >= 11 is 0. The average Bonchev–Trinajstić information content (AvgIpc) is 3.44. The number of hydrogen-bond acceptors (Lipinski definition) is 6. The van der Waals surface area contributed by atoms with Crippen molar-refractivity contribution in [3.63, 3.8) is 0 Å². The molecule has 0 saturated heterocycles. The van der Waals surface area contributed by atoms with Crippen molar-refractivity contribution >= 4 is 17.9 Å². The van der Waals surface area contributed by atoms with Gasteiger partial charge in [0.25, 0.3) is 0 Å². The Bertz CT molecular complexity index is 1570. The number of esters is 3. The van der Waals surface area contributed by atoms with Crippen LogP contribution in [0.3, 0.4) is 0 Å². The molecule has 0 spiro atoms. The van der Waals surface area contributed by atoms with Gasteiger partial charge in [0.05, 0.1) is 0 Å². The lowest BCUT2D eigenvalue weighted by atomic mass is 10.1. The summed E-state index contributed by atoms with van der Waals surface area (Å²) in [4.78, 5) is 38.4. The van der Waals surface area contributed by atoms with Crippen molar-refractivity contribution in [1.82, 2.24) is 0 Å². The molecule has 0 amide bonds. The van der Waals surface area contributed by atoms with Gasteiger partial charge < -0.3 is 14.2 Å². The molecule has 0 heterocycles. The molecule has 0 bridgehead atoms. The van der Waals surface area contributed by atoms with Crippen LogP contribution in [0.2, 0.25) is 0 Å². The highest BCUT2D eigenvalue weighted by Gasteiger charge is 2.19. The van der Waals surface area contributed by atoms with Gasteiger partial charge >= 0.3 is 17.9 Å². The number of carbonyl (C=O) groups excluding carboxylic acids is 3. The van der Waals surface area contributed by atoms with Crippen LogP contribution in [0.1, 0.15) is 310 Å². The van der Waals surface area contributed by atoms with Gasteiger partial charge in [-0.1, -0.05) is 271 Å². The minimum atomic E-state index is -0.797. The summed E-state index contributed by atoms with van der Waals surface area (Å²) < 4.78 is 16.9. The third kappa shape index (κ3) is 62.9. The van der Waals surface area contributed by atoms with Crippen molar-refractivity contribution in [2.24, 2.45) is 0 Å². The third-order valence-electron chi connectivity index (χ3n) is 14.0. The van der Waals surface area contributed by atoms with Crippen LogP contribution < -0.4 is 0 Å². The molecular weight excluding hydrogens is 961 g/mol. The lowest BCUT2D eigenvalue weighted by Crippen LogP contribution is -2.30. The summed E-state index contributed by atoms with van der Waals surface area (Å²) in [5.74, 6) is -0.911. The Morgan fingerprint density at radius 1 is 0.269 bits per heavy atom. The number of allylic oxidation sites excluding steroid dienone is 18. The topological polar surface area (TPSA) is 78.9 Å². The van der Waals surface area contributed by atoms with Crippen molar-refractivity contribution in [2.45, 2.75) is 316 Å². The van der Waals surface area contributed by atoms with E-state index >= 15 is 0 Å². The monoisotopic (exact) mass is 1080 g/mol. The zero-order valence-electron chi connectivity index (χ0n) is 51.2. The number of rotatable bonds is 59. The van der Waals surface area contributed by atoms with Crippen molar-refractivity contribution < 1.29 is 28.6 Å². The molecule has 1 unspecified atom stereocenters. The molecule has 0 N–H and O–H groups in total. The van der Waals surface area contributed by atoms with Gasteiger partial charge in [0.2, 0.25) is 0 Å². The van der Waals surface area contributed by atoms with E-state index in [0.29, 0.717) is 19.3 Å². The van der Waals surface area contributed by atoms with E-state index < -0.39 is 6.10 Å². The lowest BCUT2D eigenvalue weighted by molar-refractivity contribution is -0.167. The smallest absolute Gasteiger partial charge is 0.306 e. The summed E-state index contributed by atoms with van der Waals surface area (Å²) in [5, 5.41) is 0. The first-order chi connectivity index (χ1) is 38.5. The summed E-state index contributed by atoms with van der Waals surface area (Å²) in [6, 6.07) is 0. The van der Waals surface area contributed by atoms with Gasteiger partial charge in [-0.15, -0.1) is 0 Å². The minimum absolute atomic E-state index is 0.0913. The summed E-state index contributed by atoms with van der Waals surface area (Å²) in [7, 11) is 0. The molecule has 0 aromatic heterocycles. The Labute approximate surface area is 482 Å². The highest BCUT2D eigenvalue weighted by Crippen LogP contribution is 2.15. The van der Waals surface area contributed by atoms with E-state index in [1.54, 1.807) is 0 Å². The largest absolute Gasteiger partial charge is 0.462 e. The number of unbranched alkanes of at least 4 members (excludes halogenated alkanes) is 30. The molecule has 0 aromatic carbocycles. The van der Waals surface area contributed by atoms with Gasteiger partial charge in [-0.3, -0.25) is 14.4 Å². The van der Waals surface area contributed by atoms with Crippen molar-refractivity contribution in [2.75, 3.05) is 13.2 Å². The molecule has 0 fully saturated rings. The second-order valence-corrected chi connectivity index (χ2v) is 21.6. The fourth-order valence-electron chi connectivity index (χ4n) is 9.06. The van der Waals surface area contributed by atoms with Gasteiger partial charge in [-0.2, -0.15) is 0 Å². The molecule has 6 nitrogen and oxygen atoms in total. The molecule has 0 saturated carbocycles. The summed E-state index contributed by atoms with van der Waals surface area (Å²) in [6.07, 6.45) is 89.4. The van der Waals surface area contributed by atoms with Crippen LogP contribution in [0.25, 0.3) is 0 Å². The number of ether oxygens (including phenoxy) is 3. The molecular formula is C72H122O6. The maximum atomic E-state index is 12.9. The van der Waals surface area contributed by atoms with E-state index in [4.69, 9.17) is 14.2 Å². The molecule has 0 aliphatic carbocycles. The Hall–Kier alpha value is -3.93. The SMILES string of the molecule is CC/C=C\C/C=C\C/C=C\C/C=C\CCCCCCCCC(=O)OC(COC(=O)CCCCCCCCC/C=C\C/C=C\CCCCCC)COC(=O)CCCCCCCCCC/C=C\C/C=C\C/C=C\CCCCCCC. The fourth-order valence-corrected chi connectivity index (χ4v) is 9.06. The standard InChI is InChI=1S/C72H122O6/c1-4-7-10-13-16-19-22-25-28-31-34-35-36-37-39-41-44-47-50-53-56-59-62-65-71(74)77-68-69(67-76-70(73)64-61-58-55-52-49-46-43-40-33-30-27-24-21-18-15-12-9-6-3)78-72(75)66-63-60-57-54-51-48-45-42-38-32-29-26-23-20-17-14-11-8-5-2/h8,11,17,20-22,24-26,29-31,33-34,36-38,42,69H,4-7,9-10,12-16,18-19,23,27-28,32,35,39-41,43-68H2,1-3H3/b11-8-,20-17-,24-21-,25-22-,29-26-,33-30-,34-31-,37-36-,42-38-. The first-order valence-corrected chi connectivity index (χ1v) is 32.9. The maximum Gasteiger partial charge on any atom is 0.306 e. The molecule has 0 aromatic rings. The molecule has 1 atom stereocenters. The maximum absolute atomic E-state index is 12.9. The Balaban J connectivity index is 4.43.